The number of rotatable bonds is 11. The van der Waals surface area contributed by atoms with E-state index in [9.17, 15) is 19.2 Å². The Bertz CT molecular complexity index is 2630. The minimum atomic E-state index is -0.843. The number of aromatic amines is 2. The van der Waals surface area contributed by atoms with Crippen LogP contribution in [0.25, 0.3) is 44.4 Å². The molecular weight excluding hydrogens is 807 g/mol. The molecule has 2 aliphatic heterocycles. The number of H-pyrrole nitrogens is 2. The minimum Gasteiger partial charge on any atom is -0.453 e. The largest absolute Gasteiger partial charge is 0.453 e. The summed E-state index contributed by atoms with van der Waals surface area (Å²) < 4.78 is 4.78. The van der Waals surface area contributed by atoms with Crippen LogP contribution in [-0.4, -0.2) is 85.5 Å². The van der Waals surface area contributed by atoms with E-state index in [1.54, 1.807) is 0 Å². The number of nitrogens with one attached hydrogen (secondary N) is 5. The fraction of sp³-hybridized carbons (Fsp3) is 0.360. The van der Waals surface area contributed by atoms with Crippen molar-refractivity contribution >= 4 is 34.7 Å². The van der Waals surface area contributed by atoms with Crippen molar-refractivity contribution in [2.24, 2.45) is 5.92 Å². The number of carbonyl (C=O) groups is 4. The molecule has 4 atom stereocenters. The summed E-state index contributed by atoms with van der Waals surface area (Å²) in [7, 11) is 1.29. The number of urea groups is 1. The smallest absolute Gasteiger partial charge is 0.407 e. The molecule has 64 heavy (non-hydrogen) atoms. The predicted molar refractivity (Wildman–Crippen MR) is 247 cm³/mol. The maximum Gasteiger partial charge on any atom is 0.407 e. The standard InChI is InChI=1S/C50H57N9O5/c1-30(2)42(56-49(63)64-6)46(60)58-24-10-14-40(58)45-52-29-39(54-45)37-23-22-35-26-34(20-21-36(35)27-37)31-16-18-32(19-17-31)38-28-51-44(53-38)41-15-11-25-59(41)47(61)43(33-12-8-7-9-13-33)55-48(62)57-50(3,4)5/h7-9,12-13,16-23,26-30,40-43H,10-11,14-15,24-25H2,1-6H3,(H,51,53)(H,52,54)(H,56,63)(H2,55,57,62)/t40-,41-,42?,43+/m0/s1. The summed E-state index contributed by atoms with van der Waals surface area (Å²) in [6, 6.07) is 28.1. The second-order valence-corrected chi connectivity index (χ2v) is 18.1. The molecule has 0 saturated carbocycles. The highest BCUT2D eigenvalue weighted by atomic mass is 16.5. The van der Waals surface area contributed by atoms with Crippen LogP contribution in [0.3, 0.4) is 0 Å². The number of imidazole rings is 2. The lowest BCUT2D eigenvalue weighted by molar-refractivity contribution is -0.135. The number of likely N-dealkylation sites (tertiary alicyclic amines) is 2. The highest BCUT2D eigenvalue weighted by Gasteiger charge is 2.39. The van der Waals surface area contributed by atoms with Crippen LogP contribution in [0.1, 0.15) is 95.6 Å². The molecule has 5 amide bonds. The number of ether oxygens (including phenoxy) is 1. The molecule has 2 saturated heterocycles. The summed E-state index contributed by atoms with van der Waals surface area (Å²) in [4.78, 5) is 73.0. The molecule has 14 heteroatoms. The van der Waals surface area contributed by atoms with Gasteiger partial charge in [-0.3, -0.25) is 9.59 Å². The number of carbonyl (C=O) groups excluding carboxylic acids is 4. The van der Waals surface area contributed by atoms with Gasteiger partial charge in [-0.2, -0.15) is 0 Å². The van der Waals surface area contributed by atoms with Crippen LogP contribution < -0.4 is 16.0 Å². The molecular formula is C50H57N9O5. The number of amides is 5. The van der Waals surface area contributed by atoms with E-state index in [1.807, 2.05) is 87.1 Å². The van der Waals surface area contributed by atoms with Crippen molar-refractivity contribution in [2.45, 2.75) is 90.0 Å². The predicted octanol–water partition coefficient (Wildman–Crippen LogP) is 8.83. The monoisotopic (exact) mass is 863 g/mol. The Morgan fingerprint density at radius 2 is 1.36 bits per heavy atom. The van der Waals surface area contributed by atoms with Crippen LogP contribution in [-0.2, 0) is 14.3 Å². The zero-order chi connectivity index (χ0) is 45.1. The van der Waals surface area contributed by atoms with Crippen molar-refractivity contribution in [1.82, 2.24) is 45.7 Å². The third-order valence-corrected chi connectivity index (χ3v) is 12.1. The summed E-state index contributed by atoms with van der Waals surface area (Å²) in [5, 5.41) is 10.7. The van der Waals surface area contributed by atoms with Crippen molar-refractivity contribution < 1.29 is 23.9 Å². The first kappa shape index (κ1) is 43.7. The summed E-state index contributed by atoms with van der Waals surface area (Å²) in [5.41, 5.74) is 6.03. The number of alkyl carbamates (subject to hydrolysis) is 1. The minimum absolute atomic E-state index is 0.108. The lowest BCUT2D eigenvalue weighted by Crippen LogP contribution is -2.51. The highest BCUT2D eigenvalue weighted by molar-refractivity contribution is 5.91. The molecule has 0 spiro atoms. The molecule has 2 aromatic heterocycles. The number of aromatic nitrogens is 4. The molecule has 1 unspecified atom stereocenters. The van der Waals surface area contributed by atoms with Crippen LogP contribution in [0, 0.1) is 5.92 Å². The average Bonchev–Trinajstić information content (AvgIpc) is 4.13. The summed E-state index contributed by atoms with van der Waals surface area (Å²) in [6.45, 7) is 10.7. The van der Waals surface area contributed by atoms with Crippen molar-refractivity contribution in [1.29, 1.82) is 0 Å². The normalized spacial score (nSPS) is 17.4. The Kier molecular flexibility index (Phi) is 12.6. The van der Waals surface area contributed by atoms with Gasteiger partial charge in [0.25, 0.3) is 0 Å². The fourth-order valence-electron chi connectivity index (χ4n) is 8.85. The highest BCUT2D eigenvalue weighted by Crippen LogP contribution is 2.36. The van der Waals surface area contributed by atoms with Gasteiger partial charge in [0.05, 0.1) is 36.8 Å². The Labute approximate surface area is 373 Å². The molecule has 0 bridgehead atoms. The molecule has 14 nitrogen and oxygen atoms in total. The van der Waals surface area contributed by atoms with E-state index >= 15 is 0 Å². The van der Waals surface area contributed by atoms with Crippen LogP contribution >= 0.6 is 0 Å². The van der Waals surface area contributed by atoms with Gasteiger partial charge >= 0.3 is 12.1 Å². The summed E-state index contributed by atoms with van der Waals surface area (Å²) in [6.07, 6.45) is 6.31. The van der Waals surface area contributed by atoms with E-state index in [4.69, 9.17) is 14.7 Å². The molecule has 2 aliphatic rings. The number of hydrogen-bond acceptors (Lipinski definition) is 7. The van der Waals surface area contributed by atoms with Crippen LogP contribution in [0.4, 0.5) is 9.59 Å². The Hall–Kier alpha value is -6.96. The second-order valence-electron chi connectivity index (χ2n) is 18.1. The maximum absolute atomic E-state index is 14.2. The van der Waals surface area contributed by atoms with Crippen molar-refractivity contribution in [3.05, 3.63) is 121 Å². The van der Waals surface area contributed by atoms with Crippen LogP contribution in [0.15, 0.2) is 103 Å². The van der Waals surface area contributed by atoms with Gasteiger partial charge in [0.15, 0.2) is 0 Å². The first-order valence-corrected chi connectivity index (χ1v) is 22.1. The van der Waals surface area contributed by atoms with Gasteiger partial charge in [0.1, 0.15) is 23.7 Å². The van der Waals surface area contributed by atoms with Gasteiger partial charge in [-0.25, -0.2) is 19.6 Å². The molecule has 5 N–H and O–H groups in total. The Morgan fingerprint density at radius 3 is 2.02 bits per heavy atom. The quantitative estimate of drug-likeness (QED) is 0.0864. The molecule has 0 aliphatic carbocycles. The zero-order valence-electron chi connectivity index (χ0n) is 37.3. The van der Waals surface area contributed by atoms with E-state index in [-0.39, 0.29) is 29.8 Å². The fourth-order valence-corrected chi connectivity index (χ4v) is 8.85. The Balaban J connectivity index is 0.938. The molecule has 4 aromatic carbocycles. The third kappa shape index (κ3) is 9.51. The topological polar surface area (TPSA) is 177 Å². The average molecular weight is 864 g/mol. The SMILES string of the molecule is COC(=O)NC(C(=O)N1CCC[C@H]1c1nc(-c2ccc3cc(-c4ccc(-c5cnc([C@@H]6CCCN6C(=O)[C@H](NC(=O)NC(C)(C)C)c6ccccc6)[nH]5)cc4)ccc3c2)c[nH]1)C(C)C. The Morgan fingerprint density at radius 1 is 0.750 bits per heavy atom. The van der Waals surface area contributed by atoms with E-state index in [1.165, 1.54) is 7.11 Å². The second kappa shape index (κ2) is 18.4. The molecule has 2 fully saturated rings. The number of hydrogen-bond donors (Lipinski definition) is 5. The third-order valence-electron chi connectivity index (χ3n) is 12.1. The van der Waals surface area contributed by atoms with E-state index in [0.717, 1.165) is 87.3 Å². The van der Waals surface area contributed by atoms with E-state index < -0.39 is 29.7 Å². The van der Waals surface area contributed by atoms with Gasteiger partial charge < -0.3 is 40.5 Å². The van der Waals surface area contributed by atoms with Crippen LogP contribution in [0.2, 0.25) is 0 Å². The first-order chi connectivity index (χ1) is 30.8. The number of benzene rings is 4. The summed E-state index contributed by atoms with van der Waals surface area (Å²) in [5.74, 6) is 1.03. The van der Waals surface area contributed by atoms with Gasteiger partial charge in [0, 0.05) is 30.4 Å². The number of nitrogens with zero attached hydrogens (tertiary/aromatic N) is 4. The van der Waals surface area contributed by atoms with Gasteiger partial charge in [-0.05, 0) is 97.5 Å². The van der Waals surface area contributed by atoms with Gasteiger partial charge in [-0.1, -0.05) is 92.7 Å². The number of fused-ring (bicyclic) bond motifs is 1. The first-order valence-electron chi connectivity index (χ1n) is 22.1. The van der Waals surface area contributed by atoms with Gasteiger partial charge in [0.2, 0.25) is 11.8 Å². The van der Waals surface area contributed by atoms with Crippen molar-refractivity contribution in [3.8, 4) is 33.6 Å². The van der Waals surface area contributed by atoms with Crippen molar-refractivity contribution in [3.63, 3.8) is 0 Å². The van der Waals surface area contributed by atoms with E-state index in [2.05, 4.69) is 86.6 Å². The maximum atomic E-state index is 14.2. The summed E-state index contributed by atoms with van der Waals surface area (Å²) >= 11 is 0. The van der Waals surface area contributed by atoms with Crippen molar-refractivity contribution in [2.75, 3.05) is 20.2 Å². The molecule has 0 radical (unpaired) electrons. The lowest BCUT2D eigenvalue weighted by atomic mass is 9.98. The van der Waals surface area contributed by atoms with E-state index in [0.29, 0.717) is 13.1 Å². The molecule has 8 rings (SSSR count). The lowest BCUT2D eigenvalue weighted by Gasteiger charge is -2.30. The number of methoxy groups -OCH3 is 1. The molecule has 6 aromatic rings. The molecule has 4 heterocycles. The van der Waals surface area contributed by atoms with Gasteiger partial charge in [-0.15, -0.1) is 0 Å². The molecule has 332 valence electrons. The zero-order valence-corrected chi connectivity index (χ0v) is 37.3. The van der Waals surface area contributed by atoms with Crippen LogP contribution in [0.5, 0.6) is 0 Å².